The van der Waals surface area contributed by atoms with Crippen LogP contribution in [-0.2, 0) is 38.0 Å². The molecule has 0 atom stereocenters. The summed E-state index contributed by atoms with van der Waals surface area (Å²) < 4.78 is 80.0. The summed E-state index contributed by atoms with van der Waals surface area (Å²) in [5.74, 6) is -1.44. The van der Waals surface area contributed by atoms with E-state index in [1.807, 2.05) is 49.4 Å². The fourth-order valence-corrected chi connectivity index (χ4v) is 9.02. The number of ether oxygens (including phenoxy) is 4. The van der Waals surface area contributed by atoms with Gasteiger partial charge in [-0.3, -0.25) is 9.59 Å². The maximum Gasteiger partial charge on any atom is 0.260 e. The second-order valence-electron chi connectivity index (χ2n) is 17.6. The van der Waals surface area contributed by atoms with E-state index in [1.54, 1.807) is 43.3 Å². The summed E-state index contributed by atoms with van der Waals surface area (Å²) in [5, 5.41) is 10.1. The van der Waals surface area contributed by atoms with Crippen molar-refractivity contribution in [3.05, 3.63) is 164 Å². The summed E-state index contributed by atoms with van der Waals surface area (Å²) in [4.78, 5) is 47.0. The number of hydrogen-bond donors (Lipinski definition) is 2. The lowest BCUT2D eigenvalue weighted by Crippen LogP contribution is -2.24. The molecule has 5 aromatic carbocycles. The van der Waals surface area contributed by atoms with Crippen LogP contribution in [0.5, 0.6) is 23.0 Å². The molecule has 3 aliphatic heterocycles. The largest absolute Gasteiger partial charge is 0.497 e. The number of aliphatic hydroxyl groups excluding tert-OH is 1. The normalized spacial score (nSPS) is 13.8. The molecule has 378 valence electrons. The molecule has 2 amide bonds. The number of anilines is 2. The molecular formula is C54H50ClF4N7O7. The molecular weight excluding hydrogens is 970 g/mol. The average Bonchev–Trinajstić information content (AvgIpc) is 3.99. The molecule has 2 aromatic heterocycles. The van der Waals surface area contributed by atoms with E-state index in [9.17, 15) is 27.2 Å². The Labute approximate surface area is 423 Å². The van der Waals surface area contributed by atoms with Crippen molar-refractivity contribution in [2.24, 2.45) is 0 Å². The number of halogens is 5. The van der Waals surface area contributed by atoms with Gasteiger partial charge in [-0.2, -0.15) is 0 Å². The van der Waals surface area contributed by atoms with Crippen LogP contribution >= 0.6 is 11.6 Å². The fraction of sp³-hybridized carbons (Fsp3) is 0.259. The Morgan fingerprint density at radius 3 is 1.77 bits per heavy atom. The van der Waals surface area contributed by atoms with Gasteiger partial charge in [-0.05, 0) is 60.5 Å². The van der Waals surface area contributed by atoms with Crippen LogP contribution in [0.2, 0.25) is 5.15 Å². The third-order valence-corrected chi connectivity index (χ3v) is 12.8. The summed E-state index contributed by atoms with van der Waals surface area (Å²) in [5.41, 5.74) is 4.63. The van der Waals surface area contributed by atoms with Gasteiger partial charge in [0.05, 0.1) is 76.6 Å². The number of carbonyl (C=O) groups excluding carboxylic acids is 2. The average molecular weight is 1020 g/mol. The lowest BCUT2D eigenvalue weighted by Gasteiger charge is -2.18. The molecule has 0 aliphatic carbocycles. The number of aryl methyl sites for hydroxylation is 1. The lowest BCUT2D eigenvalue weighted by atomic mass is 9.87. The highest BCUT2D eigenvalue weighted by Gasteiger charge is 2.37. The Kier molecular flexibility index (Phi) is 15.2. The molecule has 2 N–H and O–H groups in total. The minimum absolute atomic E-state index is 0.116. The monoisotopic (exact) mass is 1020 g/mol. The smallest absolute Gasteiger partial charge is 0.260 e. The maximum absolute atomic E-state index is 14.8. The number of fused-ring (bicyclic) bond motifs is 3. The summed E-state index contributed by atoms with van der Waals surface area (Å²) in [6, 6.07) is 23.9. The van der Waals surface area contributed by atoms with Crippen molar-refractivity contribution < 1.29 is 51.2 Å². The molecule has 73 heavy (non-hydrogen) atoms. The van der Waals surface area contributed by atoms with Crippen LogP contribution < -0.4 is 24.3 Å². The summed E-state index contributed by atoms with van der Waals surface area (Å²) >= 11 is 6.22. The zero-order chi connectivity index (χ0) is 52.3. The molecule has 0 bridgehead atoms. The van der Waals surface area contributed by atoms with E-state index in [0.29, 0.717) is 40.9 Å². The number of carbonyl (C=O) groups is 2. The van der Waals surface area contributed by atoms with Crippen molar-refractivity contribution in [2.45, 2.75) is 58.8 Å². The molecule has 14 nitrogen and oxygen atoms in total. The van der Waals surface area contributed by atoms with E-state index in [4.69, 9.17) is 35.7 Å². The maximum atomic E-state index is 14.8. The standard InChI is InChI=1S/C31H28F2N4O4.C22H18ClF2N3O2.CH4O/c1-31(2)16-41-25-12-18(9-11-20(25)31)34-29-27-23(35-28(36-29)26-21(32)6-5-7-22(26)33)15-37(30(27)38)14-17-8-10-19(39-3)13-24(17)40-4;1-3-12-7-8-13(17(9-12)30-2)10-28-11-16-19(22(28)29)20(23)27-21(26-16)18-14(24)5-4-6-15(18)25;1-2/h5-13H,14-16H2,1-4H3,(H,34,35,36);4-9H,3,10-11H2,1-2H3;2H,1H3. The van der Waals surface area contributed by atoms with Crippen molar-refractivity contribution in [3.8, 4) is 45.8 Å². The first-order valence-corrected chi connectivity index (χ1v) is 23.3. The van der Waals surface area contributed by atoms with Gasteiger partial charge < -0.3 is 39.2 Å². The number of benzene rings is 5. The molecule has 0 saturated carbocycles. The molecule has 0 spiro atoms. The Morgan fingerprint density at radius 2 is 1.21 bits per heavy atom. The van der Waals surface area contributed by atoms with Gasteiger partial charge in [0.2, 0.25) is 0 Å². The van der Waals surface area contributed by atoms with E-state index in [2.05, 4.69) is 39.1 Å². The molecule has 0 radical (unpaired) electrons. The Bertz CT molecular complexity index is 3230. The molecule has 7 aromatic rings. The lowest BCUT2D eigenvalue weighted by molar-refractivity contribution is 0.0758. The molecule has 0 unspecified atom stereocenters. The minimum atomic E-state index is -0.798. The predicted octanol–water partition coefficient (Wildman–Crippen LogP) is 10.4. The first-order chi connectivity index (χ1) is 35.1. The van der Waals surface area contributed by atoms with E-state index >= 15 is 0 Å². The molecule has 3 aliphatic rings. The first-order valence-electron chi connectivity index (χ1n) is 22.9. The summed E-state index contributed by atoms with van der Waals surface area (Å²) in [6.45, 7) is 7.56. The Hall–Kier alpha value is -7.83. The Balaban J connectivity index is 0.000000197. The topological polar surface area (TPSA) is 161 Å². The van der Waals surface area contributed by atoms with Gasteiger partial charge in [-0.25, -0.2) is 37.5 Å². The van der Waals surface area contributed by atoms with Crippen LogP contribution in [-0.4, -0.2) is 81.7 Å². The summed E-state index contributed by atoms with van der Waals surface area (Å²) in [7, 11) is 5.69. The molecule has 0 saturated heterocycles. The van der Waals surface area contributed by atoms with E-state index in [-0.39, 0.29) is 88.3 Å². The number of aromatic nitrogens is 4. The first kappa shape index (κ1) is 51.5. The number of methoxy groups -OCH3 is 3. The van der Waals surface area contributed by atoms with Crippen LogP contribution in [0.3, 0.4) is 0 Å². The second kappa shape index (κ2) is 21.5. The molecule has 5 heterocycles. The van der Waals surface area contributed by atoms with Crippen LogP contribution in [0.4, 0.5) is 29.1 Å². The quantitative estimate of drug-likeness (QED) is 0.0882. The van der Waals surface area contributed by atoms with Crippen molar-refractivity contribution >= 4 is 34.9 Å². The van der Waals surface area contributed by atoms with Gasteiger partial charge in [-0.1, -0.05) is 62.7 Å². The third-order valence-electron chi connectivity index (χ3n) is 12.5. The van der Waals surface area contributed by atoms with Gasteiger partial charge in [0.1, 0.15) is 68.4 Å². The SMILES string of the molecule is CCc1ccc(CN2Cc3nc(-c4c(F)cccc4F)nc(Cl)c3C2=O)c(OC)c1.CO.COc1ccc(CN2Cc3nc(-c4c(F)cccc4F)nc(Nc4ccc5c(c4)OCC5(C)C)c3C2=O)c(OC)c1. The number of aliphatic hydroxyl groups is 1. The van der Waals surface area contributed by atoms with Crippen LogP contribution in [0, 0.1) is 23.3 Å². The number of nitrogens with one attached hydrogen (secondary N) is 1. The van der Waals surface area contributed by atoms with Crippen molar-refractivity contribution in [1.29, 1.82) is 0 Å². The zero-order valence-electron chi connectivity index (χ0n) is 40.9. The molecule has 0 fully saturated rings. The van der Waals surface area contributed by atoms with Crippen LogP contribution in [0.25, 0.3) is 22.8 Å². The van der Waals surface area contributed by atoms with Crippen molar-refractivity contribution in [3.63, 3.8) is 0 Å². The van der Waals surface area contributed by atoms with Gasteiger partial charge in [-0.15, -0.1) is 0 Å². The van der Waals surface area contributed by atoms with E-state index in [0.717, 1.165) is 65.8 Å². The highest BCUT2D eigenvalue weighted by atomic mass is 35.5. The van der Waals surface area contributed by atoms with Gasteiger partial charge in [0.25, 0.3) is 11.8 Å². The summed E-state index contributed by atoms with van der Waals surface area (Å²) in [6.07, 6.45) is 0.866. The van der Waals surface area contributed by atoms with Gasteiger partial charge in [0.15, 0.2) is 11.6 Å². The van der Waals surface area contributed by atoms with Crippen molar-refractivity contribution in [1.82, 2.24) is 29.7 Å². The molecule has 10 rings (SSSR count). The fourth-order valence-electron chi connectivity index (χ4n) is 8.75. The predicted molar refractivity (Wildman–Crippen MR) is 265 cm³/mol. The molecule has 19 heteroatoms. The van der Waals surface area contributed by atoms with Gasteiger partial charge >= 0.3 is 0 Å². The van der Waals surface area contributed by atoms with Crippen molar-refractivity contribution in [2.75, 3.05) is 40.4 Å². The zero-order valence-corrected chi connectivity index (χ0v) is 41.6. The number of rotatable bonds is 12. The number of nitrogens with zero attached hydrogens (tertiary/aromatic N) is 6. The van der Waals surface area contributed by atoms with Crippen LogP contribution in [0.15, 0.2) is 91.0 Å². The number of hydrogen-bond acceptors (Lipinski definition) is 12. The van der Waals surface area contributed by atoms with E-state index < -0.39 is 23.3 Å². The number of amides is 2. The highest BCUT2D eigenvalue weighted by molar-refractivity contribution is 6.33. The third kappa shape index (κ3) is 10.3. The van der Waals surface area contributed by atoms with Gasteiger partial charge in [0, 0.05) is 47.0 Å². The highest BCUT2D eigenvalue weighted by Crippen LogP contribution is 2.42. The minimum Gasteiger partial charge on any atom is -0.497 e. The Morgan fingerprint density at radius 1 is 0.671 bits per heavy atom. The van der Waals surface area contributed by atoms with Crippen LogP contribution in [0.1, 0.15) is 75.1 Å². The van der Waals surface area contributed by atoms with E-state index in [1.165, 1.54) is 12.1 Å². The second-order valence-corrected chi connectivity index (χ2v) is 17.9.